The summed E-state index contributed by atoms with van der Waals surface area (Å²) in [5, 5.41) is 19.6. The Labute approximate surface area is 111 Å². The van der Waals surface area contributed by atoms with Crippen LogP contribution in [0.2, 0.25) is 0 Å². The van der Waals surface area contributed by atoms with Crippen LogP contribution in [0.3, 0.4) is 0 Å². The largest absolute Gasteiger partial charge is 0.493 e. The number of hydrogen-bond donors (Lipinski definition) is 3. The predicted octanol–water partition coefficient (Wildman–Crippen LogP) is 0.326. The number of carboxylic acids is 1. The molecular weight excluding hydrogens is 250 g/mol. The number of aliphatic carboxylic acids is 1. The van der Waals surface area contributed by atoms with Crippen LogP contribution in [0.4, 0.5) is 0 Å². The predicted molar refractivity (Wildman–Crippen MR) is 67.9 cm³/mol. The molecule has 0 spiro atoms. The SMILES string of the molecule is Cc1cccc(OCCC(=O)NC(CO)C(=O)O)c1. The highest BCUT2D eigenvalue weighted by Crippen LogP contribution is 2.12. The summed E-state index contributed by atoms with van der Waals surface area (Å²) in [5.41, 5.74) is 1.05. The summed E-state index contributed by atoms with van der Waals surface area (Å²) in [7, 11) is 0. The molecule has 0 bridgehead atoms. The van der Waals surface area contributed by atoms with Crippen LogP contribution in [-0.4, -0.2) is 41.3 Å². The van der Waals surface area contributed by atoms with E-state index in [4.69, 9.17) is 14.9 Å². The van der Waals surface area contributed by atoms with Crippen molar-refractivity contribution in [2.75, 3.05) is 13.2 Å². The number of ether oxygens (including phenoxy) is 1. The molecule has 0 heterocycles. The zero-order chi connectivity index (χ0) is 14.3. The van der Waals surface area contributed by atoms with E-state index in [0.29, 0.717) is 5.75 Å². The van der Waals surface area contributed by atoms with E-state index < -0.39 is 24.5 Å². The first-order valence-corrected chi connectivity index (χ1v) is 5.85. The monoisotopic (exact) mass is 267 g/mol. The van der Waals surface area contributed by atoms with E-state index in [1.807, 2.05) is 25.1 Å². The molecule has 0 aliphatic carbocycles. The van der Waals surface area contributed by atoms with Crippen LogP contribution in [0, 0.1) is 6.92 Å². The Morgan fingerprint density at radius 2 is 2.16 bits per heavy atom. The van der Waals surface area contributed by atoms with E-state index in [-0.39, 0.29) is 13.0 Å². The maximum absolute atomic E-state index is 11.4. The minimum absolute atomic E-state index is 0.0255. The molecule has 0 aliphatic rings. The van der Waals surface area contributed by atoms with Crippen molar-refractivity contribution in [3.05, 3.63) is 29.8 Å². The van der Waals surface area contributed by atoms with E-state index >= 15 is 0 Å². The Morgan fingerprint density at radius 1 is 1.42 bits per heavy atom. The van der Waals surface area contributed by atoms with Gasteiger partial charge in [-0.3, -0.25) is 4.79 Å². The van der Waals surface area contributed by atoms with Gasteiger partial charge >= 0.3 is 5.97 Å². The normalized spacial score (nSPS) is 11.7. The second kappa shape index (κ2) is 7.38. The molecule has 1 amide bonds. The van der Waals surface area contributed by atoms with Crippen LogP contribution in [0.25, 0.3) is 0 Å². The third-order valence-corrected chi connectivity index (χ3v) is 2.40. The topological polar surface area (TPSA) is 95.9 Å². The fourth-order valence-electron chi connectivity index (χ4n) is 1.42. The summed E-state index contributed by atoms with van der Waals surface area (Å²) < 4.78 is 5.36. The number of carbonyl (C=O) groups is 2. The van der Waals surface area contributed by atoms with Gasteiger partial charge in [0, 0.05) is 0 Å². The third kappa shape index (κ3) is 5.39. The van der Waals surface area contributed by atoms with Crippen molar-refractivity contribution in [2.45, 2.75) is 19.4 Å². The summed E-state index contributed by atoms with van der Waals surface area (Å²) in [6.07, 6.45) is 0.0255. The molecule has 0 saturated carbocycles. The Kier molecular flexibility index (Phi) is 5.81. The van der Waals surface area contributed by atoms with Gasteiger partial charge < -0.3 is 20.3 Å². The van der Waals surface area contributed by atoms with Gasteiger partial charge in [0.15, 0.2) is 0 Å². The second-order valence-electron chi connectivity index (χ2n) is 4.06. The lowest BCUT2D eigenvalue weighted by Crippen LogP contribution is -2.43. The number of rotatable bonds is 7. The van der Waals surface area contributed by atoms with Gasteiger partial charge in [-0.05, 0) is 24.6 Å². The summed E-state index contributed by atoms with van der Waals surface area (Å²) in [4.78, 5) is 22.0. The quantitative estimate of drug-likeness (QED) is 0.661. The first-order valence-electron chi connectivity index (χ1n) is 5.85. The smallest absolute Gasteiger partial charge is 0.328 e. The van der Waals surface area contributed by atoms with Gasteiger partial charge in [-0.25, -0.2) is 4.79 Å². The highest BCUT2D eigenvalue weighted by molar-refractivity contribution is 5.83. The first kappa shape index (κ1) is 15.0. The molecule has 104 valence electrons. The van der Waals surface area contributed by atoms with Crippen molar-refractivity contribution >= 4 is 11.9 Å². The van der Waals surface area contributed by atoms with Crippen LogP contribution in [0.15, 0.2) is 24.3 Å². The van der Waals surface area contributed by atoms with Crippen LogP contribution in [0.5, 0.6) is 5.75 Å². The van der Waals surface area contributed by atoms with Gasteiger partial charge in [0.05, 0.1) is 19.6 Å². The van der Waals surface area contributed by atoms with Crippen molar-refractivity contribution in [1.29, 1.82) is 0 Å². The summed E-state index contributed by atoms with van der Waals surface area (Å²) >= 11 is 0. The van der Waals surface area contributed by atoms with Gasteiger partial charge in [0.2, 0.25) is 5.91 Å². The van der Waals surface area contributed by atoms with Crippen LogP contribution in [-0.2, 0) is 9.59 Å². The Hall–Kier alpha value is -2.08. The Balaban J connectivity index is 2.33. The number of benzene rings is 1. The number of amides is 1. The fraction of sp³-hybridized carbons (Fsp3) is 0.385. The molecule has 6 heteroatoms. The molecule has 6 nitrogen and oxygen atoms in total. The number of carboxylic acid groups (broad SMARTS) is 1. The lowest BCUT2D eigenvalue weighted by molar-refractivity contribution is -0.143. The Bertz CT molecular complexity index is 446. The minimum atomic E-state index is -1.27. The molecule has 1 aromatic rings. The van der Waals surface area contributed by atoms with Gasteiger partial charge in [-0.2, -0.15) is 0 Å². The molecule has 1 aromatic carbocycles. The molecule has 0 aliphatic heterocycles. The summed E-state index contributed by atoms with van der Waals surface area (Å²) in [6.45, 7) is 1.44. The molecular formula is C13H17NO5. The fourth-order valence-corrected chi connectivity index (χ4v) is 1.42. The lowest BCUT2D eigenvalue weighted by atomic mass is 10.2. The molecule has 1 unspecified atom stereocenters. The first-order chi connectivity index (χ1) is 9.02. The van der Waals surface area contributed by atoms with Crippen molar-refractivity contribution in [3.8, 4) is 5.75 Å². The van der Waals surface area contributed by atoms with Crippen molar-refractivity contribution in [2.24, 2.45) is 0 Å². The maximum atomic E-state index is 11.4. The number of aryl methyl sites for hydroxylation is 1. The number of hydrogen-bond acceptors (Lipinski definition) is 4. The molecule has 0 saturated heterocycles. The van der Waals surface area contributed by atoms with Gasteiger partial charge in [-0.15, -0.1) is 0 Å². The van der Waals surface area contributed by atoms with E-state index in [9.17, 15) is 9.59 Å². The van der Waals surface area contributed by atoms with Gasteiger partial charge in [-0.1, -0.05) is 12.1 Å². The third-order valence-electron chi connectivity index (χ3n) is 2.40. The van der Waals surface area contributed by atoms with Gasteiger partial charge in [0.25, 0.3) is 0 Å². The molecule has 1 atom stereocenters. The van der Waals surface area contributed by atoms with Crippen molar-refractivity contribution in [3.63, 3.8) is 0 Å². The molecule has 0 aromatic heterocycles. The van der Waals surface area contributed by atoms with E-state index in [1.54, 1.807) is 6.07 Å². The number of aliphatic hydroxyl groups is 1. The van der Waals surface area contributed by atoms with Crippen LogP contribution < -0.4 is 10.1 Å². The molecule has 19 heavy (non-hydrogen) atoms. The Morgan fingerprint density at radius 3 is 2.74 bits per heavy atom. The maximum Gasteiger partial charge on any atom is 0.328 e. The molecule has 0 fully saturated rings. The van der Waals surface area contributed by atoms with Gasteiger partial charge in [0.1, 0.15) is 11.8 Å². The highest BCUT2D eigenvalue weighted by Gasteiger charge is 2.18. The molecule has 1 rings (SSSR count). The zero-order valence-corrected chi connectivity index (χ0v) is 10.6. The highest BCUT2D eigenvalue weighted by atomic mass is 16.5. The van der Waals surface area contributed by atoms with E-state index in [1.165, 1.54) is 0 Å². The number of nitrogens with one attached hydrogen (secondary N) is 1. The van der Waals surface area contributed by atoms with Crippen molar-refractivity contribution < 1.29 is 24.5 Å². The molecule has 3 N–H and O–H groups in total. The minimum Gasteiger partial charge on any atom is -0.493 e. The van der Waals surface area contributed by atoms with Crippen LogP contribution >= 0.6 is 0 Å². The zero-order valence-electron chi connectivity index (χ0n) is 10.6. The second-order valence-corrected chi connectivity index (χ2v) is 4.06. The average molecular weight is 267 g/mol. The lowest BCUT2D eigenvalue weighted by Gasteiger charge is -2.12. The van der Waals surface area contributed by atoms with E-state index in [2.05, 4.69) is 5.32 Å². The van der Waals surface area contributed by atoms with Crippen molar-refractivity contribution in [1.82, 2.24) is 5.32 Å². The van der Waals surface area contributed by atoms with E-state index in [0.717, 1.165) is 5.56 Å². The molecule has 0 radical (unpaired) electrons. The summed E-state index contributed by atoms with van der Waals surface area (Å²) in [5.74, 6) is -1.09. The number of carbonyl (C=O) groups excluding carboxylic acids is 1. The van der Waals surface area contributed by atoms with Crippen LogP contribution in [0.1, 0.15) is 12.0 Å². The number of aliphatic hydroxyl groups excluding tert-OH is 1. The average Bonchev–Trinajstić information content (AvgIpc) is 2.35. The standard InChI is InChI=1S/C13H17NO5/c1-9-3-2-4-10(7-9)19-6-5-12(16)14-11(8-15)13(17)18/h2-4,7,11,15H,5-6,8H2,1H3,(H,14,16)(H,17,18). The summed E-state index contributed by atoms with van der Waals surface area (Å²) in [6, 6.07) is 6.12.